The Balaban J connectivity index is 0. The van der Waals surface area contributed by atoms with E-state index in [0.29, 0.717) is 9.80 Å². The van der Waals surface area contributed by atoms with Crippen LogP contribution in [0.1, 0.15) is 25.8 Å². The molecule has 0 aromatic heterocycles. The third-order valence-corrected chi connectivity index (χ3v) is 4.42. The van der Waals surface area contributed by atoms with Crippen molar-refractivity contribution in [2.45, 2.75) is 32.1 Å². The van der Waals surface area contributed by atoms with Crippen LogP contribution in [-0.2, 0) is 9.84 Å². The summed E-state index contributed by atoms with van der Waals surface area (Å²) in [7, 11) is -2.25. The molecule has 0 saturated heterocycles. The second kappa shape index (κ2) is 12.1. The van der Waals surface area contributed by atoms with Gasteiger partial charge in [-0.25, -0.2) is 8.42 Å². The Bertz CT molecular complexity index is 549. The number of hydrogen-bond donors (Lipinski definition) is 1. The molecule has 0 unspecified atom stereocenters. The van der Waals surface area contributed by atoms with Crippen molar-refractivity contribution in [2.75, 3.05) is 7.11 Å². The first-order valence-corrected chi connectivity index (χ1v) is 7.99. The van der Waals surface area contributed by atoms with E-state index in [1.165, 1.54) is 0 Å². The molecule has 0 spiro atoms. The van der Waals surface area contributed by atoms with E-state index >= 15 is 0 Å². The van der Waals surface area contributed by atoms with Gasteiger partial charge in [-0.15, -0.1) is 13.2 Å². The van der Waals surface area contributed by atoms with Crippen LogP contribution in [0.5, 0.6) is 0 Å². The Morgan fingerprint density at radius 1 is 1.24 bits per heavy atom. The van der Waals surface area contributed by atoms with E-state index in [1.54, 1.807) is 38.1 Å². The maximum Gasteiger partial charge on any atom is 0.202 e. The highest BCUT2D eigenvalue weighted by atomic mass is 32.2. The molecular weight excluding hydrogens is 284 g/mol. The molecule has 21 heavy (non-hydrogen) atoms. The fourth-order valence-corrected chi connectivity index (χ4v) is 2.52. The number of hydrogen-bond acceptors (Lipinski definition) is 3. The highest BCUT2D eigenvalue weighted by molar-refractivity contribution is 7.95. The monoisotopic (exact) mass is 310 g/mol. The maximum atomic E-state index is 11.8. The summed E-state index contributed by atoms with van der Waals surface area (Å²) in [6.07, 6.45) is 6.15. The molecule has 0 amide bonds. The molecule has 0 aliphatic heterocycles. The lowest BCUT2D eigenvalue weighted by Gasteiger charge is -2.04. The standard InChI is InChI=1S/C11H14O2S.C5H8.CH4O/c1-4-10(3)14(12,13)11-7-5-6-9(2)8-11;1-3-5-4-2;1-2/h4-8H,1-3H3;3-4H,1-2,5H2;2H,1H3/b10-4+;;. The zero-order valence-corrected chi connectivity index (χ0v) is 14.2. The molecule has 1 aromatic carbocycles. The van der Waals surface area contributed by atoms with Crippen LogP contribution >= 0.6 is 0 Å². The number of aliphatic hydroxyl groups is 1. The van der Waals surface area contributed by atoms with Gasteiger partial charge in [0.25, 0.3) is 0 Å². The fraction of sp³-hybridized carbons (Fsp3) is 0.294. The number of sulfone groups is 1. The smallest absolute Gasteiger partial charge is 0.202 e. The van der Waals surface area contributed by atoms with Crippen molar-refractivity contribution in [1.82, 2.24) is 0 Å². The molecule has 0 bridgehead atoms. The van der Waals surface area contributed by atoms with E-state index in [0.717, 1.165) is 19.1 Å². The van der Waals surface area contributed by atoms with Gasteiger partial charge >= 0.3 is 0 Å². The van der Waals surface area contributed by atoms with Crippen molar-refractivity contribution in [3.8, 4) is 0 Å². The molecule has 0 saturated carbocycles. The van der Waals surface area contributed by atoms with Crippen molar-refractivity contribution in [3.05, 3.63) is 66.1 Å². The Hall–Kier alpha value is -1.65. The number of aliphatic hydroxyl groups excluding tert-OH is 1. The number of aryl methyl sites for hydroxylation is 1. The average molecular weight is 310 g/mol. The lowest BCUT2D eigenvalue weighted by atomic mass is 10.2. The highest BCUT2D eigenvalue weighted by Crippen LogP contribution is 2.19. The van der Waals surface area contributed by atoms with Crippen molar-refractivity contribution in [2.24, 2.45) is 0 Å². The van der Waals surface area contributed by atoms with E-state index in [-0.39, 0.29) is 0 Å². The summed E-state index contributed by atoms with van der Waals surface area (Å²) >= 11 is 0. The molecule has 1 N–H and O–H groups in total. The van der Waals surface area contributed by atoms with Crippen LogP contribution in [0.15, 0.2) is 65.5 Å². The van der Waals surface area contributed by atoms with Gasteiger partial charge in [0.1, 0.15) is 0 Å². The van der Waals surface area contributed by atoms with Gasteiger partial charge in [0.2, 0.25) is 9.84 Å². The van der Waals surface area contributed by atoms with Crippen LogP contribution in [-0.4, -0.2) is 20.6 Å². The quantitative estimate of drug-likeness (QED) is 0.854. The first-order valence-electron chi connectivity index (χ1n) is 6.51. The molecule has 1 rings (SSSR count). The minimum Gasteiger partial charge on any atom is -0.400 e. The second-order valence-corrected chi connectivity index (χ2v) is 6.15. The van der Waals surface area contributed by atoms with Crippen LogP contribution in [0.3, 0.4) is 0 Å². The second-order valence-electron chi connectivity index (χ2n) is 4.03. The van der Waals surface area contributed by atoms with E-state index in [1.807, 2.05) is 25.1 Å². The van der Waals surface area contributed by atoms with Gasteiger partial charge in [0.15, 0.2) is 0 Å². The van der Waals surface area contributed by atoms with Gasteiger partial charge in [-0.05, 0) is 44.9 Å². The first-order chi connectivity index (χ1) is 9.89. The molecule has 3 nitrogen and oxygen atoms in total. The molecule has 1 aromatic rings. The van der Waals surface area contributed by atoms with Crippen LogP contribution in [0.4, 0.5) is 0 Å². The predicted octanol–water partition coefficient (Wildman–Crippen LogP) is 4.05. The maximum absolute atomic E-state index is 11.8. The van der Waals surface area contributed by atoms with E-state index < -0.39 is 9.84 Å². The Morgan fingerprint density at radius 2 is 1.76 bits per heavy atom. The number of allylic oxidation sites excluding steroid dienone is 4. The van der Waals surface area contributed by atoms with Gasteiger partial charge in [-0.2, -0.15) is 0 Å². The lowest BCUT2D eigenvalue weighted by molar-refractivity contribution is 0.399. The summed E-state index contributed by atoms with van der Waals surface area (Å²) < 4.78 is 23.7. The normalized spacial score (nSPS) is 10.4. The molecule has 4 heteroatoms. The number of rotatable bonds is 4. The molecule has 0 aliphatic carbocycles. The van der Waals surface area contributed by atoms with Crippen molar-refractivity contribution >= 4 is 9.84 Å². The van der Waals surface area contributed by atoms with Gasteiger partial charge < -0.3 is 5.11 Å². The first kappa shape index (κ1) is 21.6. The zero-order valence-electron chi connectivity index (χ0n) is 13.3. The van der Waals surface area contributed by atoms with Crippen LogP contribution < -0.4 is 0 Å². The van der Waals surface area contributed by atoms with E-state index in [2.05, 4.69) is 13.2 Å². The van der Waals surface area contributed by atoms with Gasteiger partial charge in [0, 0.05) is 12.0 Å². The molecular formula is C17H26O3S. The van der Waals surface area contributed by atoms with Gasteiger partial charge in [0.05, 0.1) is 4.90 Å². The molecule has 0 heterocycles. The summed E-state index contributed by atoms with van der Waals surface area (Å²) in [4.78, 5) is 0.760. The van der Waals surface area contributed by atoms with Crippen molar-refractivity contribution in [3.63, 3.8) is 0 Å². The minimum absolute atomic E-state index is 0.369. The topological polar surface area (TPSA) is 54.4 Å². The summed E-state index contributed by atoms with van der Waals surface area (Å²) in [6.45, 7) is 12.2. The Morgan fingerprint density at radius 3 is 2.10 bits per heavy atom. The Kier molecular flexibility index (Phi) is 12.5. The minimum atomic E-state index is -3.25. The summed E-state index contributed by atoms with van der Waals surface area (Å²) in [5.74, 6) is 0. The zero-order chi connectivity index (χ0) is 16.9. The van der Waals surface area contributed by atoms with Crippen molar-refractivity contribution in [1.29, 1.82) is 0 Å². The number of benzene rings is 1. The third kappa shape index (κ3) is 8.27. The lowest BCUT2D eigenvalue weighted by Crippen LogP contribution is -2.02. The van der Waals surface area contributed by atoms with Crippen LogP contribution in [0.2, 0.25) is 0 Å². The summed E-state index contributed by atoms with van der Waals surface area (Å²) in [5, 5.41) is 7.00. The summed E-state index contributed by atoms with van der Waals surface area (Å²) in [6, 6.07) is 6.94. The molecule has 0 aliphatic rings. The van der Waals surface area contributed by atoms with E-state index in [9.17, 15) is 8.42 Å². The molecule has 0 atom stereocenters. The highest BCUT2D eigenvalue weighted by Gasteiger charge is 2.15. The van der Waals surface area contributed by atoms with E-state index in [4.69, 9.17) is 5.11 Å². The van der Waals surface area contributed by atoms with Crippen LogP contribution in [0.25, 0.3) is 0 Å². The molecule has 118 valence electrons. The molecule has 0 fully saturated rings. The summed E-state index contributed by atoms with van der Waals surface area (Å²) in [5.41, 5.74) is 0.954. The fourth-order valence-electron chi connectivity index (χ4n) is 1.24. The largest absolute Gasteiger partial charge is 0.400 e. The predicted molar refractivity (Wildman–Crippen MR) is 90.9 cm³/mol. The van der Waals surface area contributed by atoms with Crippen LogP contribution in [0, 0.1) is 6.92 Å². The third-order valence-electron chi connectivity index (χ3n) is 2.46. The molecule has 0 radical (unpaired) electrons. The SMILES string of the molecule is C/C=C(\C)S(=O)(=O)c1cccc(C)c1.C=CCC=C.CO. The Labute approximate surface area is 129 Å². The average Bonchev–Trinajstić information content (AvgIpc) is 2.50. The van der Waals surface area contributed by atoms with Crippen molar-refractivity contribution < 1.29 is 13.5 Å². The van der Waals surface area contributed by atoms with Gasteiger partial charge in [-0.1, -0.05) is 30.4 Å². The van der Waals surface area contributed by atoms with Gasteiger partial charge in [-0.3, -0.25) is 0 Å².